The van der Waals surface area contributed by atoms with Gasteiger partial charge in [0.05, 0.1) is 12.6 Å². The van der Waals surface area contributed by atoms with E-state index in [9.17, 15) is 15.3 Å². The molecular formula is C13H19N3O3. The average Bonchev–Trinajstić information content (AvgIpc) is 2.34. The number of phenolic OH excluding ortho intramolecular Hbond substituents is 1. The number of azide groups is 1. The summed E-state index contributed by atoms with van der Waals surface area (Å²) in [5, 5.41) is 33.1. The molecule has 0 aromatic heterocycles. The molecule has 0 saturated heterocycles. The molecule has 0 bridgehead atoms. The molecule has 6 nitrogen and oxygen atoms in total. The smallest absolute Gasteiger partial charge is 0.125 e. The lowest BCUT2D eigenvalue weighted by atomic mass is 9.84. The first-order valence-corrected chi connectivity index (χ1v) is 5.98. The van der Waals surface area contributed by atoms with Crippen LogP contribution in [-0.4, -0.2) is 28.0 Å². The number of aromatic hydroxyl groups is 1. The van der Waals surface area contributed by atoms with Crippen molar-refractivity contribution < 1.29 is 15.3 Å². The number of rotatable bonds is 4. The SMILES string of the molecule is CC(C)(C)c1cccc(C(O)C(O)CN=[N+]=[N-])c1O. The first-order chi connectivity index (χ1) is 8.79. The summed E-state index contributed by atoms with van der Waals surface area (Å²) in [4.78, 5) is 2.52. The molecule has 2 atom stereocenters. The van der Waals surface area contributed by atoms with Crippen LogP contribution >= 0.6 is 0 Å². The summed E-state index contributed by atoms with van der Waals surface area (Å²) in [6, 6.07) is 5.01. The molecule has 104 valence electrons. The van der Waals surface area contributed by atoms with E-state index in [2.05, 4.69) is 10.0 Å². The number of benzene rings is 1. The van der Waals surface area contributed by atoms with Crippen molar-refractivity contribution in [2.75, 3.05) is 6.54 Å². The molecule has 3 N–H and O–H groups in total. The number of hydrogen-bond acceptors (Lipinski definition) is 4. The quantitative estimate of drug-likeness (QED) is 0.441. The summed E-state index contributed by atoms with van der Waals surface area (Å²) in [6.07, 6.45) is -2.55. The van der Waals surface area contributed by atoms with Crippen LogP contribution in [0.25, 0.3) is 10.4 Å². The standard InChI is InChI=1S/C13H19N3O3/c1-13(2,3)9-6-4-5-8(11(9)18)12(19)10(17)7-15-16-14/h4-6,10,12,17-19H,7H2,1-3H3. The van der Waals surface area contributed by atoms with Crippen molar-refractivity contribution in [1.29, 1.82) is 0 Å². The van der Waals surface area contributed by atoms with Crippen LogP contribution in [0.1, 0.15) is 38.0 Å². The summed E-state index contributed by atoms with van der Waals surface area (Å²) >= 11 is 0. The Hall–Kier alpha value is -1.75. The van der Waals surface area contributed by atoms with Crippen molar-refractivity contribution in [2.24, 2.45) is 5.11 Å². The van der Waals surface area contributed by atoms with Crippen LogP contribution in [0.4, 0.5) is 0 Å². The Balaban J connectivity index is 3.11. The second-order valence-electron chi connectivity index (χ2n) is 5.42. The zero-order chi connectivity index (χ0) is 14.6. The predicted octanol–water partition coefficient (Wildman–Crippen LogP) is 2.39. The third-order valence-corrected chi connectivity index (χ3v) is 2.89. The van der Waals surface area contributed by atoms with E-state index >= 15 is 0 Å². The normalized spacial score (nSPS) is 14.6. The van der Waals surface area contributed by atoms with Gasteiger partial charge in [-0.1, -0.05) is 44.1 Å². The van der Waals surface area contributed by atoms with Crippen molar-refractivity contribution in [1.82, 2.24) is 0 Å². The van der Waals surface area contributed by atoms with Gasteiger partial charge < -0.3 is 15.3 Å². The Bertz CT molecular complexity index is 490. The van der Waals surface area contributed by atoms with Gasteiger partial charge in [-0.25, -0.2) is 0 Å². The van der Waals surface area contributed by atoms with Crippen LogP contribution in [0, 0.1) is 0 Å². The van der Waals surface area contributed by atoms with Crippen LogP contribution in [0.3, 0.4) is 0 Å². The molecule has 1 rings (SSSR count). The van der Waals surface area contributed by atoms with Gasteiger partial charge in [0, 0.05) is 10.5 Å². The van der Waals surface area contributed by atoms with Crippen LogP contribution in [0.5, 0.6) is 5.75 Å². The van der Waals surface area contributed by atoms with Crippen molar-refractivity contribution in [2.45, 2.75) is 38.4 Å². The highest BCUT2D eigenvalue weighted by Crippen LogP contribution is 2.36. The van der Waals surface area contributed by atoms with Gasteiger partial charge in [0.15, 0.2) is 0 Å². The Morgan fingerprint density at radius 1 is 1.32 bits per heavy atom. The molecule has 0 aliphatic rings. The van der Waals surface area contributed by atoms with Crippen molar-refractivity contribution >= 4 is 0 Å². The fourth-order valence-electron chi connectivity index (χ4n) is 1.83. The molecule has 0 aliphatic heterocycles. The van der Waals surface area contributed by atoms with Crippen LogP contribution in [-0.2, 0) is 5.41 Å². The highest BCUT2D eigenvalue weighted by molar-refractivity contribution is 5.45. The van der Waals surface area contributed by atoms with Crippen LogP contribution < -0.4 is 0 Å². The molecule has 0 amide bonds. The molecule has 2 unspecified atom stereocenters. The summed E-state index contributed by atoms with van der Waals surface area (Å²) < 4.78 is 0. The lowest BCUT2D eigenvalue weighted by Gasteiger charge is -2.24. The summed E-state index contributed by atoms with van der Waals surface area (Å²) in [5.74, 6) is -0.0394. The number of phenols is 1. The third-order valence-electron chi connectivity index (χ3n) is 2.89. The van der Waals surface area contributed by atoms with Crippen molar-refractivity contribution in [3.63, 3.8) is 0 Å². The first-order valence-electron chi connectivity index (χ1n) is 5.98. The Morgan fingerprint density at radius 3 is 2.47 bits per heavy atom. The second kappa shape index (κ2) is 5.93. The summed E-state index contributed by atoms with van der Waals surface area (Å²) in [6.45, 7) is 5.56. The lowest BCUT2D eigenvalue weighted by Crippen LogP contribution is -2.22. The van der Waals surface area contributed by atoms with Gasteiger partial charge >= 0.3 is 0 Å². The lowest BCUT2D eigenvalue weighted by molar-refractivity contribution is 0.0229. The van der Waals surface area contributed by atoms with E-state index in [1.54, 1.807) is 12.1 Å². The summed E-state index contributed by atoms with van der Waals surface area (Å²) in [7, 11) is 0. The minimum Gasteiger partial charge on any atom is -0.507 e. The molecular weight excluding hydrogens is 246 g/mol. The molecule has 0 heterocycles. The topological polar surface area (TPSA) is 109 Å². The average molecular weight is 265 g/mol. The van der Waals surface area contributed by atoms with Gasteiger partial charge in [-0.2, -0.15) is 0 Å². The van der Waals surface area contributed by atoms with E-state index in [0.29, 0.717) is 5.56 Å². The first kappa shape index (κ1) is 15.3. The van der Waals surface area contributed by atoms with Crippen molar-refractivity contribution in [3.8, 4) is 5.75 Å². The van der Waals surface area contributed by atoms with Gasteiger partial charge in [-0.3, -0.25) is 0 Å². The predicted molar refractivity (Wildman–Crippen MR) is 71.8 cm³/mol. The zero-order valence-electron chi connectivity index (χ0n) is 11.3. The van der Waals surface area contributed by atoms with E-state index in [1.807, 2.05) is 20.8 Å². The molecule has 0 aliphatic carbocycles. The van der Waals surface area contributed by atoms with E-state index in [-0.39, 0.29) is 23.3 Å². The van der Waals surface area contributed by atoms with E-state index < -0.39 is 12.2 Å². The Kier molecular flexibility index (Phi) is 4.78. The minimum absolute atomic E-state index is 0.0394. The Morgan fingerprint density at radius 2 is 1.95 bits per heavy atom. The zero-order valence-corrected chi connectivity index (χ0v) is 11.3. The largest absolute Gasteiger partial charge is 0.507 e. The van der Waals surface area contributed by atoms with Gasteiger partial charge in [0.1, 0.15) is 11.9 Å². The van der Waals surface area contributed by atoms with Crippen LogP contribution in [0.2, 0.25) is 0 Å². The molecule has 0 radical (unpaired) electrons. The molecule has 1 aromatic rings. The summed E-state index contributed by atoms with van der Waals surface area (Å²) in [5.41, 5.74) is 8.82. The highest BCUT2D eigenvalue weighted by Gasteiger charge is 2.25. The highest BCUT2D eigenvalue weighted by atomic mass is 16.3. The van der Waals surface area contributed by atoms with Gasteiger partial charge in [-0.15, -0.1) is 0 Å². The van der Waals surface area contributed by atoms with Gasteiger partial charge in [0.25, 0.3) is 0 Å². The number of aliphatic hydroxyl groups excluding tert-OH is 2. The number of nitrogens with zero attached hydrogens (tertiary/aromatic N) is 3. The Labute approximate surface area is 112 Å². The fourth-order valence-corrected chi connectivity index (χ4v) is 1.83. The third kappa shape index (κ3) is 3.61. The number of aliphatic hydroxyl groups is 2. The van der Waals surface area contributed by atoms with E-state index in [1.165, 1.54) is 6.07 Å². The molecule has 1 aromatic carbocycles. The van der Waals surface area contributed by atoms with Gasteiger partial charge in [0.2, 0.25) is 0 Å². The molecule has 19 heavy (non-hydrogen) atoms. The number of hydrogen-bond donors (Lipinski definition) is 3. The maximum absolute atomic E-state index is 10.2. The molecule has 0 saturated carbocycles. The molecule has 6 heteroatoms. The monoisotopic (exact) mass is 265 g/mol. The molecule has 0 fully saturated rings. The fraction of sp³-hybridized carbons (Fsp3) is 0.538. The van der Waals surface area contributed by atoms with E-state index in [4.69, 9.17) is 5.53 Å². The van der Waals surface area contributed by atoms with Gasteiger partial charge in [-0.05, 0) is 16.5 Å². The second-order valence-corrected chi connectivity index (χ2v) is 5.42. The van der Waals surface area contributed by atoms with Crippen LogP contribution in [0.15, 0.2) is 23.3 Å². The molecule has 0 spiro atoms. The van der Waals surface area contributed by atoms with E-state index in [0.717, 1.165) is 0 Å². The maximum atomic E-state index is 10.2. The maximum Gasteiger partial charge on any atom is 0.125 e. The minimum atomic E-state index is -1.30. The van der Waals surface area contributed by atoms with Crippen molar-refractivity contribution in [3.05, 3.63) is 39.8 Å². The number of para-hydroxylation sites is 1.